The third kappa shape index (κ3) is 5.30. The Balaban J connectivity index is 1.54. The van der Waals surface area contributed by atoms with Crippen molar-refractivity contribution in [2.45, 2.75) is 46.8 Å². The van der Waals surface area contributed by atoms with E-state index in [2.05, 4.69) is 49.6 Å². The third-order valence-corrected chi connectivity index (χ3v) is 5.60. The summed E-state index contributed by atoms with van der Waals surface area (Å²) in [6, 6.07) is 22.3. The van der Waals surface area contributed by atoms with Crippen LogP contribution >= 0.6 is 0 Å². The topological polar surface area (TPSA) is 45.5 Å². The molecule has 5 nitrogen and oxygen atoms in total. The molecule has 1 heterocycles. The molecule has 0 saturated carbocycles. The second-order valence-corrected chi connectivity index (χ2v) is 8.38. The van der Waals surface area contributed by atoms with E-state index < -0.39 is 0 Å². The highest BCUT2D eigenvalue weighted by Crippen LogP contribution is 2.29. The average Bonchev–Trinajstić information content (AvgIpc) is 3.16. The largest absolute Gasteiger partial charge is 0.490 e. The van der Waals surface area contributed by atoms with Crippen molar-refractivity contribution >= 4 is 11.0 Å². The summed E-state index contributed by atoms with van der Waals surface area (Å²) in [5.41, 5.74) is 4.42. The van der Waals surface area contributed by atoms with Crippen LogP contribution < -0.4 is 14.2 Å². The van der Waals surface area contributed by atoms with Crippen molar-refractivity contribution < 1.29 is 14.2 Å². The van der Waals surface area contributed by atoms with E-state index in [-0.39, 0.29) is 0 Å². The number of aryl methyl sites for hydroxylation is 1. The van der Waals surface area contributed by atoms with Crippen LogP contribution in [-0.4, -0.2) is 22.8 Å². The van der Waals surface area contributed by atoms with E-state index in [1.165, 1.54) is 11.1 Å². The van der Waals surface area contributed by atoms with Gasteiger partial charge in [-0.05, 0) is 61.2 Å². The van der Waals surface area contributed by atoms with E-state index in [1.807, 2.05) is 49.4 Å². The highest BCUT2D eigenvalue weighted by molar-refractivity contribution is 5.75. The number of aromatic nitrogens is 2. The third-order valence-electron chi connectivity index (χ3n) is 5.60. The number of para-hydroxylation sites is 4. The number of hydrogen-bond acceptors (Lipinski definition) is 4. The van der Waals surface area contributed by atoms with E-state index in [0.29, 0.717) is 32.3 Å². The van der Waals surface area contributed by atoms with Crippen LogP contribution in [0.15, 0.2) is 66.7 Å². The van der Waals surface area contributed by atoms with Crippen molar-refractivity contribution in [2.75, 3.05) is 13.2 Å². The van der Waals surface area contributed by atoms with Gasteiger partial charge >= 0.3 is 0 Å². The van der Waals surface area contributed by atoms with Crippen molar-refractivity contribution in [2.24, 2.45) is 0 Å². The molecule has 4 aromatic rings. The number of imidazole rings is 1. The van der Waals surface area contributed by atoms with Gasteiger partial charge < -0.3 is 18.8 Å². The van der Waals surface area contributed by atoms with Crippen molar-refractivity contribution in [3.05, 3.63) is 83.7 Å². The summed E-state index contributed by atoms with van der Waals surface area (Å²) in [6.45, 7) is 10.6. The van der Waals surface area contributed by atoms with Gasteiger partial charge in [-0.1, -0.05) is 50.2 Å². The van der Waals surface area contributed by atoms with Gasteiger partial charge in [0, 0.05) is 0 Å². The van der Waals surface area contributed by atoms with Crippen molar-refractivity contribution in [3.63, 3.8) is 0 Å². The molecule has 0 unspecified atom stereocenters. The molecule has 1 aromatic heterocycles. The summed E-state index contributed by atoms with van der Waals surface area (Å²) >= 11 is 0. The molecule has 5 heteroatoms. The smallest absolute Gasteiger partial charge is 0.161 e. The van der Waals surface area contributed by atoms with E-state index in [0.717, 1.165) is 34.1 Å². The Labute approximate surface area is 195 Å². The average molecular weight is 445 g/mol. The van der Waals surface area contributed by atoms with Gasteiger partial charge in [0.2, 0.25) is 0 Å². The lowest BCUT2D eigenvalue weighted by molar-refractivity contribution is 0.256. The quantitative estimate of drug-likeness (QED) is 0.279. The molecular formula is C28H32N2O3. The Hall–Kier alpha value is -3.47. The van der Waals surface area contributed by atoms with Crippen LogP contribution in [0.5, 0.6) is 17.2 Å². The molecule has 0 N–H and O–H groups in total. The first kappa shape index (κ1) is 22.7. The molecule has 4 rings (SSSR count). The maximum atomic E-state index is 6.31. The summed E-state index contributed by atoms with van der Waals surface area (Å²) in [4.78, 5) is 4.86. The number of rotatable bonds is 10. The Morgan fingerprint density at radius 1 is 0.848 bits per heavy atom. The Bertz CT molecular complexity index is 1210. The molecule has 0 aliphatic carbocycles. The lowest BCUT2D eigenvalue weighted by atomic mass is 10.0. The maximum absolute atomic E-state index is 6.31. The summed E-state index contributed by atoms with van der Waals surface area (Å²) in [5, 5.41) is 0. The van der Waals surface area contributed by atoms with E-state index in [1.54, 1.807) is 0 Å². The normalized spacial score (nSPS) is 11.2. The summed E-state index contributed by atoms with van der Waals surface area (Å²) in [6.07, 6.45) is 0. The standard InChI is InChI=1S/C28H32N2O3/c1-5-31-25-12-8-9-13-26(25)32-17-16-30-24-11-7-6-10-23(24)29-28(30)19-33-27-18-21(4)14-15-22(27)20(2)3/h6-15,18,20H,5,16-17,19H2,1-4H3. The summed E-state index contributed by atoms with van der Waals surface area (Å²) in [7, 11) is 0. The van der Waals surface area contributed by atoms with Crippen LogP contribution in [0.1, 0.15) is 43.6 Å². The van der Waals surface area contributed by atoms with Crippen molar-refractivity contribution in [1.82, 2.24) is 9.55 Å². The lowest BCUT2D eigenvalue weighted by Gasteiger charge is -2.16. The van der Waals surface area contributed by atoms with Crippen LogP contribution in [0.4, 0.5) is 0 Å². The predicted octanol–water partition coefficient (Wildman–Crippen LogP) is 6.52. The van der Waals surface area contributed by atoms with E-state index >= 15 is 0 Å². The number of benzene rings is 3. The molecule has 0 saturated heterocycles. The molecule has 0 atom stereocenters. The monoisotopic (exact) mass is 444 g/mol. The molecular weight excluding hydrogens is 412 g/mol. The first-order chi connectivity index (χ1) is 16.1. The van der Waals surface area contributed by atoms with E-state index in [9.17, 15) is 0 Å². The molecule has 0 aliphatic rings. The van der Waals surface area contributed by atoms with Crippen LogP contribution in [0.25, 0.3) is 11.0 Å². The first-order valence-corrected chi connectivity index (χ1v) is 11.6. The van der Waals surface area contributed by atoms with E-state index in [4.69, 9.17) is 19.2 Å². The van der Waals surface area contributed by atoms with Crippen molar-refractivity contribution in [1.29, 1.82) is 0 Å². The maximum Gasteiger partial charge on any atom is 0.161 e. The molecule has 0 amide bonds. The van der Waals surface area contributed by atoms with Crippen LogP contribution in [0.2, 0.25) is 0 Å². The fraction of sp³-hybridized carbons (Fsp3) is 0.321. The fourth-order valence-electron chi connectivity index (χ4n) is 3.96. The molecule has 33 heavy (non-hydrogen) atoms. The Kier molecular flexibility index (Phi) is 7.18. The van der Waals surface area contributed by atoms with Crippen molar-refractivity contribution in [3.8, 4) is 17.2 Å². The zero-order chi connectivity index (χ0) is 23.2. The molecule has 3 aromatic carbocycles. The van der Waals surface area contributed by atoms with Crippen LogP contribution in [0, 0.1) is 6.92 Å². The minimum absolute atomic E-state index is 0.387. The summed E-state index contributed by atoms with van der Waals surface area (Å²) in [5.74, 6) is 3.71. The minimum atomic E-state index is 0.387. The fourth-order valence-corrected chi connectivity index (χ4v) is 3.96. The van der Waals surface area contributed by atoms with Gasteiger partial charge in [-0.25, -0.2) is 4.98 Å². The predicted molar refractivity (Wildman–Crippen MR) is 132 cm³/mol. The van der Waals surface area contributed by atoms with Gasteiger partial charge in [0.25, 0.3) is 0 Å². The SMILES string of the molecule is CCOc1ccccc1OCCn1c(COc2cc(C)ccc2C(C)C)nc2ccccc21. The highest BCUT2D eigenvalue weighted by Gasteiger charge is 2.14. The zero-order valence-corrected chi connectivity index (χ0v) is 19.9. The second-order valence-electron chi connectivity index (χ2n) is 8.38. The first-order valence-electron chi connectivity index (χ1n) is 11.6. The molecule has 0 spiro atoms. The van der Waals surface area contributed by atoms with Gasteiger partial charge in [0.05, 0.1) is 24.2 Å². The van der Waals surface area contributed by atoms with Gasteiger partial charge in [0.15, 0.2) is 11.5 Å². The Morgan fingerprint density at radius 3 is 2.33 bits per heavy atom. The second kappa shape index (κ2) is 10.4. The molecule has 0 aliphatic heterocycles. The lowest BCUT2D eigenvalue weighted by Crippen LogP contribution is -2.13. The highest BCUT2D eigenvalue weighted by atomic mass is 16.5. The summed E-state index contributed by atoms with van der Waals surface area (Å²) < 4.78 is 20.3. The zero-order valence-electron chi connectivity index (χ0n) is 19.9. The number of nitrogens with zero attached hydrogens (tertiary/aromatic N) is 2. The van der Waals surface area contributed by atoms with Gasteiger partial charge in [-0.3, -0.25) is 0 Å². The number of ether oxygens (including phenoxy) is 3. The molecule has 172 valence electrons. The van der Waals surface area contributed by atoms with Crippen LogP contribution in [0.3, 0.4) is 0 Å². The molecule has 0 bridgehead atoms. The number of hydrogen-bond donors (Lipinski definition) is 0. The van der Waals surface area contributed by atoms with Gasteiger partial charge in [-0.15, -0.1) is 0 Å². The molecule has 0 radical (unpaired) electrons. The van der Waals surface area contributed by atoms with Gasteiger partial charge in [-0.2, -0.15) is 0 Å². The molecule has 0 fully saturated rings. The van der Waals surface area contributed by atoms with Gasteiger partial charge in [0.1, 0.15) is 24.8 Å². The number of fused-ring (bicyclic) bond motifs is 1. The van der Waals surface area contributed by atoms with Crippen LogP contribution in [-0.2, 0) is 13.2 Å². The Morgan fingerprint density at radius 2 is 1.58 bits per heavy atom. The minimum Gasteiger partial charge on any atom is -0.490 e.